The van der Waals surface area contributed by atoms with Gasteiger partial charge >= 0.3 is 0 Å². The third kappa shape index (κ3) is 3.32. The number of hydrogen-bond acceptors (Lipinski definition) is 2. The Morgan fingerprint density at radius 3 is 2.58 bits per heavy atom. The van der Waals surface area contributed by atoms with Crippen LogP contribution >= 0.6 is 0 Å². The van der Waals surface area contributed by atoms with E-state index in [-0.39, 0.29) is 6.10 Å². The van der Waals surface area contributed by atoms with E-state index in [4.69, 9.17) is 10.5 Å². The van der Waals surface area contributed by atoms with Crippen molar-refractivity contribution in [3.05, 3.63) is 11.6 Å². The molecule has 0 aliphatic heterocycles. The second-order valence-electron chi connectivity index (χ2n) is 2.83. The third-order valence-electron chi connectivity index (χ3n) is 1.80. The van der Waals surface area contributed by atoms with Crippen LogP contribution in [0, 0.1) is 0 Å². The predicted molar refractivity (Wildman–Crippen MR) is 48.8 cm³/mol. The Morgan fingerprint density at radius 1 is 1.67 bits per heavy atom. The second-order valence-corrected chi connectivity index (χ2v) is 2.83. The normalized spacial score (nSPS) is 17.6. The second kappa shape index (κ2) is 6.14. The molecule has 0 aromatic rings. The van der Waals surface area contributed by atoms with Crippen molar-refractivity contribution in [2.45, 2.75) is 32.4 Å². The Hall–Kier alpha value is -0.410. The molecule has 0 rings (SSSR count). The van der Waals surface area contributed by atoms with Crippen molar-refractivity contribution in [1.82, 2.24) is 0 Å². The van der Waals surface area contributed by atoms with E-state index < -0.39 is 12.7 Å². The molecule has 0 aliphatic rings. The highest BCUT2D eigenvalue weighted by atomic mass is 19.1. The van der Waals surface area contributed by atoms with Crippen LogP contribution in [0.2, 0.25) is 0 Å². The molecule has 2 unspecified atom stereocenters. The van der Waals surface area contributed by atoms with Crippen molar-refractivity contribution in [1.29, 1.82) is 0 Å². The molecule has 3 heteroatoms. The highest BCUT2D eigenvalue weighted by Crippen LogP contribution is 2.09. The maximum atomic E-state index is 12.2. The van der Waals surface area contributed by atoms with Gasteiger partial charge in [-0.2, -0.15) is 0 Å². The van der Waals surface area contributed by atoms with E-state index in [0.717, 1.165) is 12.0 Å². The van der Waals surface area contributed by atoms with Gasteiger partial charge in [-0.05, 0) is 18.9 Å². The fraction of sp³-hybridized carbons (Fsp3) is 0.778. The summed E-state index contributed by atoms with van der Waals surface area (Å²) in [5, 5.41) is 0. The van der Waals surface area contributed by atoms with Crippen LogP contribution in [-0.4, -0.2) is 25.9 Å². The smallest absolute Gasteiger partial charge is 0.107 e. The lowest BCUT2D eigenvalue weighted by molar-refractivity contribution is 0.0996. The quantitative estimate of drug-likeness (QED) is 0.645. The average Bonchev–Trinajstić information content (AvgIpc) is 2.06. The van der Waals surface area contributed by atoms with Crippen LogP contribution in [0.4, 0.5) is 4.39 Å². The van der Waals surface area contributed by atoms with Gasteiger partial charge in [0.05, 0.1) is 12.1 Å². The van der Waals surface area contributed by atoms with Crippen molar-refractivity contribution in [3.8, 4) is 0 Å². The Bertz CT molecular complexity index is 147. The van der Waals surface area contributed by atoms with E-state index in [0.29, 0.717) is 0 Å². The van der Waals surface area contributed by atoms with Crippen LogP contribution in [0.15, 0.2) is 11.6 Å². The van der Waals surface area contributed by atoms with Crippen LogP contribution in [-0.2, 0) is 4.74 Å². The number of nitrogens with two attached hydrogens (primary N) is 1. The van der Waals surface area contributed by atoms with Crippen LogP contribution in [0.1, 0.15) is 20.3 Å². The first kappa shape index (κ1) is 11.6. The maximum Gasteiger partial charge on any atom is 0.107 e. The number of ether oxygens (including phenoxy) is 1. The molecule has 0 heterocycles. The summed E-state index contributed by atoms with van der Waals surface area (Å²) < 4.78 is 17.3. The molecule has 2 atom stereocenters. The number of allylic oxidation sites excluding steroid dienone is 1. The summed E-state index contributed by atoms with van der Waals surface area (Å²) in [4.78, 5) is 0. The lowest BCUT2D eigenvalue weighted by Crippen LogP contribution is -2.38. The van der Waals surface area contributed by atoms with E-state index in [9.17, 15) is 4.39 Å². The largest absolute Gasteiger partial charge is 0.375 e. The number of hydrogen-bond donors (Lipinski definition) is 1. The summed E-state index contributed by atoms with van der Waals surface area (Å²) in [5.74, 6) is 0. The van der Waals surface area contributed by atoms with Gasteiger partial charge in [0.25, 0.3) is 0 Å². The van der Waals surface area contributed by atoms with Crippen LogP contribution in [0.25, 0.3) is 0 Å². The maximum absolute atomic E-state index is 12.2. The molecule has 0 bridgehead atoms. The predicted octanol–water partition coefficient (Wildman–Crippen LogP) is 1.65. The first-order valence-corrected chi connectivity index (χ1v) is 4.18. The summed E-state index contributed by atoms with van der Waals surface area (Å²) >= 11 is 0. The zero-order valence-corrected chi connectivity index (χ0v) is 8.01. The number of methoxy groups -OCH3 is 1. The molecule has 0 spiro atoms. The summed E-state index contributed by atoms with van der Waals surface area (Å²) in [5.41, 5.74) is 6.52. The van der Waals surface area contributed by atoms with Crippen molar-refractivity contribution < 1.29 is 9.13 Å². The van der Waals surface area contributed by atoms with Gasteiger partial charge in [-0.25, -0.2) is 4.39 Å². The molecule has 0 amide bonds. The lowest BCUT2D eigenvalue weighted by atomic mass is 10.0. The Balaban J connectivity index is 4.23. The Kier molecular flexibility index (Phi) is 5.93. The third-order valence-corrected chi connectivity index (χ3v) is 1.80. The highest BCUT2D eigenvalue weighted by molar-refractivity contribution is 5.08. The molecule has 0 aromatic carbocycles. The van der Waals surface area contributed by atoms with Gasteiger partial charge in [0, 0.05) is 7.11 Å². The van der Waals surface area contributed by atoms with Crippen molar-refractivity contribution in [2.75, 3.05) is 13.8 Å². The van der Waals surface area contributed by atoms with E-state index in [1.165, 1.54) is 0 Å². The summed E-state index contributed by atoms with van der Waals surface area (Å²) in [6, 6.07) is -0.544. The first-order chi connectivity index (χ1) is 5.67. The molecule has 0 saturated carbocycles. The molecule has 2 nitrogen and oxygen atoms in total. The molecule has 0 fully saturated rings. The molecule has 72 valence electrons. The van der Waals surface area contributed by atoms with Crippen LogP contribution in [0.3, 0.4) is 0 Å². The molecule has 0 saturated heterocycles. The zero-order chi connectivity index (χ0) is 9.56. The van der Waals surface area contributed by atoms with Gasteiger partial charge in [0.1, 0.15) is 6.67 Å². The van der Waals surface area contributed by atoms with Crippen molar-refractivity contribution >= 4 is 0 Å². The summed E-state index contributed by atoms with van der Waals surface area (Å²) in [6.07, 6.45) is 2.64. The summed E-state index contributed by atoms with van der Waals surface area (Å²) in [7, 11) is 1.55. The summed E-state index contributed by atoms with van der Waals surface area (Å²) in [6.45, 7) is 3.39. The minimum absolute atomic E-state index is 0.282. The van der Waals surface area contributed by atoms with Crippen LogP contribution in [0.5, 0.6) is 0 Å². The fourth-order valence-corrected chi connectivity index (χ4v) is 1.22. The van der Waals surface area contributed by atoms with Crippen molar-refractivity contribution in [2.24, 2.45) is 5.73 Å². The van der Waals surface area contributed by atoms with Gasteiger partial charge in [-0.15, -0.1) is 0 Å². The van der Waals surface area contributed by atoms with Gasteiger partial charge in [-0.3, -0.25) is 0 Å². The van der Waals surface area contributed by atoms with Crippen molar-refractivity contribution in [3.63, 3.8) is 0 Å². The lowest BCUT2D eigenvalue weighted by Gasteiger charge is -2.20. The van der Waals surface area contributed by atoms with Gasteiger partial charge in [0.15, 0.2) is 0 Å². The average molecular weight is 175 g/mol. The standard InChI is InChI=1S/C9H18FNO/c1-4-5-7(2)9(12-3)8(11)6-10/h5,8-9H,4,6,11H2,1-3H3/b7-5+. The SMILES string of the molecule is CC/C=C(\C)C(OC)C(N)CF. The molecule has 2 N–H and O–H groups in total. The number of alkyl halides is 1. The number of rotatable bonds is 5. The zero-order valence-electron chi connectivity index (χ0n) is 8.01. The highest BCUT2D eigenvalue weighted by Gasteiger charge is 2.17. The number of halogens is 1. The van der Waals surface area contributed by atoms with E-state index in [1.54, 1.807) is 7.11 Å². The molecule has 12 heavy (non-hydrogen) atoms. The molecule has 0 aromatic heterocycles. The van der Waals surface area contributed by atoms with Gasteiger partial charge in [-0.1, -0.05) is 13.0 Å². The van der Waals surface area contributed by atoms with E-state index >= 15 is 0 Å². The minimum atomic E-state index is -0.548. The van der Waals surface area contributed by atoms with E-state index in [1.807, 2.05) is 19.9 Å². The van der Waals surface area contributed by atoms with E-state index in [2.05, 4.69) is 0 Å². The Labute approximate surface area is 73.6 Å². The van der Waals surface area contributed by atoms with Crippen LogP contribution < -0.4 is 5.73 Å². The first-order valence-electron chi connectivity index (χ1n) is 4.18. The fourth-order valence-electron chi connectivity index (χ4n) is 1.22. The molecular weight excluding hydrogens is 157 g/mol. The van der Waals surface area contributed by atoms with Gasteiger partial charge < -0.3 is 10.5 Å². The molecule has 0 aliphatic carbocycles. The minimum Gasteiger partial charge on any atom is -0.375 e. The monoisotopic (exact) mass is 175 g/mol. The Morgan fingerprint density at radius 2 is 2.25 bits per heavy atom. The molecule has 0 radical (unpaired) electrons. The topological polar surface area (TPSA) is 35.2 Å². The van der Waals surface area contributed by atoms with Gasteiger partial charge in [0.2, 0.25) is 0 Å². The molecular formula is C9H18FNO.